The smallest absolute Gasteiger partial charge is 0.137 e. The number of halogens is 1. The summed E-state index contributed by atoms with van der Waals surface area (Å²) < 4.78 is 5.17. The molecule has 0 fully saturated rings. The molecule has 0 unspecified atom stereocenters. The van der Waals surface area contributed by atoms with Crippen LogP contribution in [0.3, 0.4) is 0 Å². The van der Waals surface area contributed by atoms with Crippen molar-refractivity contribution in [1.29, 1.82) is 0 Å². The molecule has 0 aliphatic carbocycles. The van der Waals surface area contributed by atoms with E-state index >= 15 is 0 Å². The molecule has 4 nitrogen and oxygen atoms in total. The van der Waals surface area contributed by atoms with Crippen molar-refractivity contribution in [3.63, 3.8) is 0 Å². The van der Waals surface area contributed by atoms with Crippen LogP contribution in [0.5, 0.6) is 0 Å². The summed E-state index contributed by atoms with van der Waals surface area (Å²) in [4.78, 5) is 11.2. The number of anilines is 1. The van der Waals surface area contributed by atoms with Crippen LogP contribution in [-0.2, 0) is 4.74 Å². The van der Waals surface area contributed by atoms with Crippen molar-refractivity contribution in [3.8, 4) is 0 Å². The Morgan fingerprint density at radius 3 is 2.32 bits per heavy atom. The number of hydrogen-bond acceptors (Lipinski definition) is 4. The summed E-state index contributed by atoms with van der Waals surface area (Å²) >= 11 is 6.24. The summed E-state index contributed by atoms with van der Waals surface area (Å²) in [6.07, 6.45) is 0. The first kappa shape index (κ1) is 16.2. The van der Waals surface area contributed by atoms with Crippen molar-refractivity contribution in [2.45, 2.75) is 46.6 Å². The molecule has 0 saturated carbocycles. The van der Waals surface area contributed by atoms with Crippen molar-refractivity contribution >= 4 is 17.4 Å². The normalized spacial score (nSPS) is 11.4. The topological polar surface area (TPSA) is 38.2 Å². The summed E-state index contributed by atoms with van der Waals surface area (Å²) in [7, 11) is 1.71. The maximum Gasteiger partial charge on any atom is 0.137 e. The van der Waals surface area contributed by atoms with Crippen LogP contribution in [-0.4, -0.2) is 36.3 Å². The second kappa shape index (κ2) is 7.06. The van der Waals surface area contributed by atoms with E-state index in [0.717, 1.165) is 23.8 Å². The zero-order chi connectivity index (χ0) is 14.6. The molecular weight excluding hydrogens is 262 g/mol. The van der Waals surface area contributed by atoms with E-state index < -0.39 is 0 Å². The van der Waals surface area contributed by atoms with Gasteiger partial charge in [-0.1, -0.05) is 25.4 Å². The van der Waals surface area contributed by atoms with Gasteiger partial charge in [-0.2, -0.15) is 0 Å². The summed E-state index contributed by atoms with van der Waals surface area (Å²) in [5, 5.41) is 0.539. The Balaban J connectivity index is 3.20. The molecule has 0 aliphatic rings. The predicted octanol–water partition coefficient (Wildman–Crippen LogP) is 3.42. The van der Waals surface area contributed by atoms with Crippen molar-refractivity contribution < 1.29 is 4.74 Å². The van der Waals surface area contributed by atoms with E-state index in [1.54, 1.807) is 7.11 Å². The molecule has 5 heteroatoms. The fraction of sp³-hybridized carbons (Fsp3) is 0.714. The molecule has 0 aliphatic heterocycles. The van der Waals surface area contributed by atoms with Crippen LogP contribution in [0.1, 0.15) is 45.0 Å². The largest absolute Gasteiger partial charge is 0.383 e. The Hall–Kier alpha value is -0.870. The van der Waals surface area contributed by atoms with E-state index in [-0.39, 0.29) is 5.92 Å². The average Bonchev–Trinajstić information content (AvgIpc) is 2.33. The number of hydrogen-bond donors (Lipinski definition) is 0. The SMILES string of the molecule is COCCN(c1nc(C(C)C)nc(Cl)c1C)C(C)C. The third-order valence-electron chi connectivity index (χ3n) is 3.03. The quantitative estimate of drug-likeness (QED) is 0.751. The first-order chi connectivity index (χ1) is 8.88. The van der Waals surface area contributed by atoms with E-state index in [0.29, 0.717) is 17.8 Å². The fourth-order valence-corrected chi connectivity index (χ4v) is 2.00. The van der Waals surface area contributed by atoms with Gasteiger partial charge in [0, 0.05) is 31.2 Å². The Morgan fingerprint density at radius 1 is 1.21 bits per heavy atom. The van der Waals surface area contributed by atoms with Crippen LogP contribution < -0.4 is 4.90 Å². The van der Waals surface area contributed by atoms with Gasteiger partial charge in [-0.15, -0.1) is 0 Å². The van der Waals surface area contributed by atoms with E-state index in [1.807, 2.05) is 6.92 Å². The summed E-state index contributed by atoms with van der Waals surface area (Å²) in [6, 6.07) is 0.333. The van der Waals surface area contributed by atoms with Gasteiger partial charge >= 0.3 is 0 Å². The number of rotatable bonds is 6. The van der Waals surface area contributed by atoms with Crippen LogP contribution >= 0.6 is 11.6 Å². The third kappa shape index (κ3) is 4.05. The van der Waals surface area contributed by atoms with Crippen LogP contribution in [0.4, 0.5) is 5.82 Å². The van der Waals surface area contributed by atoms with Crippen molar-refractivity contribution in [3.05, 3.63) is 16.5 Å². The van der Waals surface area contributed by atoms with E-state index in [1.165, 1.54) is 0 Å². The molecule has 0 N–H and O–H groups in total. The van der Waals surface area contributed by atoms with Crippen LogP contribution in [0.2, 0.25) is 5.15 Å². The molecule has 0 spiro atoms. The predicted molar refractivity (Wildman–Crippen MR) is 80.2 cm³/mol. The average molecular weight is 286 g/mol. The maximum absolute atomic E-state index is 6.24. The number of aromatic nitrogens is 2. The molecule has 0 amide bonds. The van der Waals surface area contributed by atoms with Gasteiger partial charge in [-0.05, 0) is 20.8 Å². The second-order valence-corrected chi connectivity index (χ2v) is 5.61. The van der Waals surface area contributed by atoms with E-state index in [9.17, 15) is 0 Å². The lowest BCUT2D eigenvalue weighted by atomic mass is 10.2. The second-order valence-electron chi connectivity index (χ2n) is 5.26. The Labute approximate surface area is 121 Å². The highest BCUT2D eigenvalue weighted by atomic mass is 35.5. The lowest BCUT2D eigenvalue weighted by molar-refractivity contribution is 0.203. The lowest BCUT2D eigenvalue weighted by Gasteiger charge is -2.29. The standard InChI is InChI=1S/C14H24ClN3O/c1-9(2)13-16-12(15)11(5)14(17-13)18(10(3)4)7-8-19-6/h9-10H,7-8H2,1-6H3. The van der Waals surface area contributed by atoms with E-state index in [4.69, 9.17) is 16.3 Å². The molecular formula is C14H24ClN3O. The summed E-state index contributed by atoms with van der Waals surface area (Å²) in [5.41, 5.74) is 0.927. The highest BCUT2D eigenvalue weighted by Crippen LogP contribution is 2.27. The van der Waals surface area contributed by atoms with Crippen molar-refractivity contribution in [2.75, 3.05) is 25.2 Å². The Kier molecular flexibility index (Phi) is 6.01. The van der Waals surface area contributed by atoms with Crippen LogP contribution in [0, 0.1) is 6.92 Å². The highest BCUT2D eigenvalue weighted by Gasteiger charge is 2.19. The molecule has 19 heavy (non-hydrogen) atoms. The zero-order valence-electron chi connectivity index (χ0n) is 12.7. The van der Waals surface area contributed by atoms with Gasteiger partial charge in [0.2, 0.25) is 0 Å². The molecule has 0 saturated heterocycles. The van der Waals surface area contributed by atoms with Gasteiger partial charge in [-0.25, -0.2) is 9.97 Å². The monoisotopic (exact) mass is 285 g/mol. The molecule has 1 aromatic heterocycles. The molecule has 108 valence electrons. The van der Waals surface area contributed by atoms with Gasteiger partial charge in [0.15, 0.2) is 0 Å². The van der Waals surface area contributed by atoms with Gasteiger partial charge in [-0.3, -0.25) is 0 Å². The van der Waals surface area contributed by atoms with Gasteiger partial charge < -0.3 is 9.64 Å². The lowest BCUT2D eigenvalue weighted by Crippen LogP contribution is -2.35. The first-order valence-corrected chi connectivity index (χ1v) is 7.05. The Bertz CT molecular complexity index is 421. The fourth-order valence-electron chi connectivity index (χ4n) is 1.83. The third-order valence-corrected chi connectivity index (χ3v) is 3.39. The van der Waals surface area contributed by atoms with Crippen molar-refractivity contribution in [1.82, 2.24) is 9.97 Å². The minimum Gasteiger partial charge on any atom is -0.383 e. The molecule has 0 bridgehead atoms. The minimum atomic E-state index is 0.258. The summed E-state index contributed by atoms with van der Waals surface area (Å²) in [5.74, 6) is 1.96. The van der Waals surface area contributed by atoms with Crippen molar-refractivity contribution in [2.24, 2.45) is 0 Å². The number of ether oxygens (including phenoxy) is 1. The van der Waals surface area contributed by atoms with Gasteiger partial charge in [0.05, 0.1) is 6.61 Å². The van der Waals surface area contributed by atoms with E-state index in [2.05, 4.69) is 42.6 Å². The molecule has 0 aromatic carbocycles. The first-order valence-electron chi connectivity index (χ1n) is 6.68. The van der Waals surface area contributed by atoms with Gasteiger partial charge in [0.1, 0.15) is 16.8 Å². The Morgan fingerprint density at radius 2 is 1.84 bits per heavy atom. The molecule has 0 atom stereocenters. The van der Waals surface area contributed by atoms with Crippen LogP contribution in [0.25, 0.3) is 0 Å². The maximum atomic E-state index is 6.24. The zero-order valence-corrected chi connectivity index (χ0v) is 13.5. The minimum absolute atomic E-state index is 0.258. The van der Waals surface area contributed by atoms with Crippen LogP contribution in [0.15, 0.2) is 0 Å². The number of methoxy groups -OCH3 is 1. The summed E-state index contributed by atoms with van der Waals surface area (Å²) in [6.45, 7) is 11.8. The molecule has 0 radical (unpaired) electrons. The molecule has 1 aromatic rings. The molecule has 1 heterocycles. The highest BCUT2D eigenvalue weighted by molar-refractivity contribution is 6.30. The molecule has 1 rings (SSSR count). The van der Waals surface area contributed by atoms with Gasteiger partial charge in [0.25, 0.3) is 0 Å². The number of nitrogens with zero attached hydrogens (tertiary/aromatic N) is 3.